The number of piperazine rings is 1. The normalized spacial score (nSPS) is 18.5. The molecule has 0 radical (unpaired) electrons. The van der Waals surface area contributed by atoms with Crippen molar-refractivity contribution in [2.45, 2.75) is 6.54 Å². The third-order valence-corrected chi connectivity index (χ3v) is 3.61. The molecule has 0 saturated carbocycles. The van der Waals surface area contributed by atoms with E-state index in [0.717, 1.165) is 48.3 Å². The van der Waals surface area contributed by atoms with Crippen molar-refractivity contribution in [2.75, 3.05) is 33.2 Å². The molecule has 1 fully saturated rings. The Hall–Kier alpha value is -0.320. The third kappa shape index (κ3) is 3.83. The minimum atomic E-state index is 0.725. The number of halogens is 2. The van der Waals surface area contributed by atoms with Gasteiger partial charge in [-0.05, 0) is 30.8 Å². The molecule has 2 rings (SSSR count). The van der Waals surface area contributed by atoms with E-state index in [1.165, 1.54) is 0 Å². The van der Waals surface area contributed by atoms with Gasteiger partial charge in [-0.15, -0.1) is 0 Å². The predicted molar refractivity (Wildman–Crippen MR) is 72.4 cm³/mol. The minimum absolute atomic E-state index is 0.725. The summed E-state index contributed by atoms with van der Waals surface area (Å²) in [7, 11) is 2.14. The fourth-order valence-corrected chi connectivity index (χ4v) is 2.22. The average molecular weight is 274 g/mol. The van der Waals surface area contributed by atoms with Crippen LogP contribution in [0.4, 0.5) is 0 Å². The van der Waals surface area contributed by atoms with Crippen molar-refractivity contribution in [1.82, 2.24) is 15.3 Å². The van der Waals surface area contributed by atoms with Crippen molar-refractivity contribution in [3.05, 3.63) is 33.8 Å². The van der Waals surface area contributed by atoms with Crippen LogP contribution < -0.4 is 5.43 Å². The molecule has 0 atom stereocenters. The number of nitrogens with one attached hydrogen (secondary N) is 1. The molecule has 0 bridgehead atoms. The van der Waals surface area contributed by atoms with Crippen LogP contribution in [0, 0.1) is 0 Å². The van der Waals surface area contributed by atoms with Gasteiger partial charge in [0.25, 0.3) is 0 Å². The summed E-state index contributed by atoms with van der Waals surface area (Å²) in [4.78, 5) is 2.32. The van der Waals surface area contributed by atoms with E-state index >= 15 is 0 Å². The Morgan fingerprint density at radius 2 is 1.88 bits per heavy atom. The molecule has 17 heavy (non-hydrogen) atoms. The molecule has 1 aliphatic rings. The van der Waals surface area contributed by atoms with Crippen LogP contribution in [0.3, 0.4) is 0 Å². The third-order valence-electron chi connectivity index (χ3n) is 3.00. The summed E-state index contributed by atoms with van der Waals surface area (Å²) >= 11 is 12.1. The van der Waals surface area contributed by atoms with E-state index in [0.29, 0.717) is 0 Å². The first-order valence-electron chi connectivity index (χ1n) is 5.76. The quantitative estimate of drug-likeness (QED) is 0.912. The van der Waals surface area contributed by atoms with Crippen LogP contribution in [0.15, 0.2) is 18.2 Å². The van der Waals surface area contributed by atoms with E-state index in [-0.39, 0.29) is 0 Å². The lowest BCUT2D eigenvalue weighted by Crippen LogP contribution is -2.50. The van der Waals surface area contributed by atoms with Crippen molar-refractivity contribution >= 4 is 23.2 Å². The van der Waals surface area contributed by atoms with Crippen LogP contribution in [0.5, 0.6) is 0 Å². The second-order valence-electron chi connectivity index (χ2n) is 4.36. The maximum Gasteiger partial charge on any atom is 0.0452 e. The second kappa shape index (κ2) is 6.03. The highest BCUT2D eigenvalue weighted by Crippen LogP contribution is 2.20. The van der Waals surface area contributed by atoms with E-state index in [1.807, 2.05) is 18.2 Å². The van der Waals surface area contributed by atoms with Gasteiger partial charge < -0.3 is 4.90 Å². The van der Waals surface area contributed by atoms with Crippen molar-refractivity contribution < 1.29 is 0 Å². The van der Waals surface area contributed by atoms with E-state index in [2.05, 4.69) is 22.4 Å². The van der Waals surface area contributed by atoms with Gasteiger partial charge in [-0.3, -0.25) is 5.43 Å². The Morgan fingerprint density at radius 1 is 1.18 bits per heavy atom. The lowest BCUT2D eigenvalue weighted by Gasteiger charge is -2.32. The fraction of sp³-hybridized carbons (Fsp3) is 0.500. The fourth-order valence-electron chi connectivity index (χ4n) is 1.84. The van der Waals surface area contributed by atoms with Gasteiger partial charge >= 0.3 is 0 Å². The molecule has 94 valence electrons. The summed E-state index contributed by atoms with van der Waals surface area (Å²) in [5, 5.41) is 3.72. The molecule has 0 aromatic heterocycles. The van der Waals surface area contributed by atoms with Gasteiger partial charge in [-0.2, -0.15) is 0 Å². The van der Waals surface area contributed by atoms with Crippen LogP contribution in [-0.4, -0.2) is 43.1 Å². The van der Waals surface area contributed by atoms with Crippen LogP contribution >= 0.6 is 23.2 Å². The number of likely N-dealkylation sites (N-methyl/N-ethyl adjacent to an activating group) is 1. The van der Waals surface area contributed by atoms with Gasteiger partial charge in [0.15, 0.2) is 0 Å². The predicted octanol–water partition coefficient (Wildman–Crippen LogP) is 2.25. The Balaban J connectivity index is 1.87. The summed E-state index contributed by atoms with van der Waals surface area (Å²) in [5.41, 5.74) is 4.43. The van der Waals surface area contributed by atoms with Gasteiger partial charge in [-0.1, -0.05) is 23.2 Å². The number of hydrogen-bond acceptors (Lipinski definition) is 3. The lowest BCUT2D eigenvalue weighted by atomic mass is 10.2. The van der Waals surface area contributed by atoms with Crippen molar-refractivity contribution in [3.63, 3.8) is 0 Å². The maximum absolute atomic E-state index is 6.11. The topological polar surface area (TPSA) is 18.5 Å². The van der Waals surface area contributed by atoms with Crippen molar-refractivity contribution in [3.8, 4) is 0 Å². The van der Waals surface area contributed by atoms with Crippen LogP contribution in [0.1, 0.15) is 5.56 Å². The van der Waals surface area contributed by atoms with Gasteiger partial charge in [0.2, 0.25) is 0 Å². The van der Waals surface area contributed by atoms with E-state index in [4.69, 9.17) is 23.2 Å². The van der Waals surface area contributed by atoms with Crippen LogP contribution in [0.25, 0.3) is 0 Å². The molecule has 1 aromatic rings. The standard InChI is InChI=1S/C12H17Cl2N3/c1-16-4-6-17(7-5-16)15-9-10-8-11(13)2-3-12(10)14/h2-3,8,15H,4-7,9H2,1H3. The molecule has 1 saturated heterocycles. The highest BCUT2D eigenvalue weighted by atomic mass is 35.5. The highest BCUT2D eigenvalue weighted by Gasteiger charge is 2.13. The molecule has 1 heterocycles. The van der Waals surface area contributed by atoms with Crippen LogP contribution in [-0.2, 0) is 6.54 Å². The molecule has 1 aromatic carbocycles. The van der Waals surface area contributed by atoms with Gasteiger partial charge in [0.05, 0.1) is 0 Å². The van der Waals surface area contributed by atoms with Crippen molar-refractivity contribution in [2.24, 2.45) is 0 Å². The second-order valence-corrected chi connectivity index (χ2v) is 5.20. The zero-order valence-corrected chi connectivity index (χ0v) is 11.4. The maximum atomic E-state index is 6.11. The van der Waals surface area contributed by atoms with E-state index in [9.17, 15) is 0 Å². The molecule has 5 heteroatoms. The Kier molecular flexibility index (Phi) is 4.65. The largest absolute Gasteiger partial charge is 0.304 e. The summed E-state index contributed by atoms with van der Waals surface area (Å²) in [5.74, 6) is 0. The Labute approximate surface area is 112 Å². The summed E-state index contributed by atoms with van der Waals surface area (Å²) in [6.07, 6.45) is 0. The first kappa shape index (κ1) is 13.1. The Morgan fingerprint density at radius 3 is 2.59 bits per heavy atom. The smallest absolute Gasteiger partial charge is 0.0452 e. The highest BCUT2D eigenvalue weighted by molar-refractivity contribution is 6.33. The number of nitrogens with zero attached hydrogens (tertiary/aromatic N) is 2. The van der Waals surface area contributed by atoms with Crippen LogP contribution in [0.2, 0.25) is 10.0 Å². The summed E-state index contributed by atoms with van der Waals surface area (Å²) in [6.45, 7) is 4.99. The van der Waals surface area contributed by atoms with Gasteiger partial charge in [0.1, 0.15) is 0 Å². The SMILES string of the molecule is CN1CCN(NCc2cc(Cl)ccc2Cl)CC1. The number of benzene rings is 1. The molecular weight excluding hydrogens is 257 g/mol. The zero-order valence-electron chi connectivity index (χ0n) is 9.92. The molecule has 1 N–H and O–H groups in total. The molecule has 0 unspecified atom stereocenters. The monoisotopic (exact) mass is 273 g/mol. The van der Waals surface area contributed by atoms with Crippen molar-refractivity contribution in [1.29, 1.82) is 0 Å². The molecular formula is C12H17Cl2N3. The molecule has 0 amide bonds. The minimum Gasteiger partial charge on any atom is -0.304 e. The molecule has 0 spiro atoms. The molecule has 0 aliphatic carbocycles. The number of hydrogen-bond donors (Lipinski definition) is 1. The molecule has 3 nitrogen and oxygen atoms in total. The summed E-state index contributed by atoms with van der Waals surface area (Å²) in [6, 6.07) is 5.56. The molecule has 1 aliphatic heterocycles. The number of rotatable bonds is 3. The zero-order chi connectivity index (χ0) is 12.3. The van der Waals surface area contributed by atoms with Gasteiger partial charge in [-0.25, -0.2) is 5.01 Å². The first-order chi connectivity index (χ1) is 8.15. The first-order valence-corrected chi connectivity index (χ1v) is 6.51. The van der Waals surface area contributed by atoms with E-state index in [1.54, 1.807) is 0 Å². The summed E-state index contributed by atoms with van der Waals surface area (Å²) < 4.78 is 0. The lowest BCUT2D eigenvalue weighted by molar-refractivity contribution is 0.102. The number of hydrazine groups is 1. The van der Waals surface area contributed by atoms with E-state index < -0.39 is 0 Å². The Bertz CT molecular complexity index is 376. The average Bonchev–Trinajstić information content (AvgIpc) is 2.32. The van der Waals surface area contributed by atoms with Gasteiger partial charge in [0, 0.05) is 42.8 Å².